The molecule has 0 heterocycles. The van der Waals surface area contributed by atoms with Gasteiger partial charge in [-0.25, -0.2) is 0 Å². The highest BCUT2D eigenvalue weighted by Crippen LogP contribution is 2.18. The minimum absolute atomic E-state index is 0.110. The van der Waals surface area contributed by atoms with Crippen molar-refractivity contribution in [3.63, 3.8) is 0 Å². The Bertz CT molecular complexity index is 492. The first-order valence-electron chi connectivity index (χ1n) is 6.60. The lowest BCUT2D eigenvalue weighted by Crippen LogP contribution is -2.47. The van der Waals surface area contributed by atoms with Crippen LogP contribution in [-0.2, 0) is 4.79 Å². The summed E-state index contributed by atoms with van der Waals surface area (Å²) < 4.78 is 5.52. The fraction of sp³-hybridized carbons (Fsp3) is 0.467. The van der Waals surface area contributed by atoms with E-state index >= 15 is 0 Å². The van der Waals surface area contributed by atoms with Crippen LogP contribution in [0.2, 0.25) is 0 Å². The van der Waals surface area contributed by atoms with E-state index in [4.69, 9.17) is 10.00 Å². The number of likely N-dealkylation sites (N-methyl/N-ethyl adjacent to an activating group) is 1. The molecule has 0 saturated carbocycles. The highest BCUT2D eigenvalue weighted by Gasteiger charge is 2.25. The Morgan fingerprint density at radius 1 is 1.45 bits per heavy atom. The molecule has 20 heavy (non-hydrogen) atoms. The molecule has 0 unspecified atom stereocenters. The lowest BCUT2D eigenvalue weighted by atomic mass is 10.1. The van der Waals surface area contributed by atoms with Crippen molar-refractivity contribution in [2.24, 2.45) is 0 Å². The maximum Gasteiger partial charge on any atom is 0.244 e. The van der Waals surface area contributed by atoms with Gasteiger partial charge in [-0.3, -0.25) is 4.79 Å². The second-order valence-corrected chi connectivity index (χ2v) is 4.97. The Kier molecular flexibility index (Phi) is 6.01. The molecule has 1 aromatic carbocycles. The van der Waals surface area contributed by atoms with Crippen LogP contribution < -0.4 is 15.4 Å². The zero-order chi connectivity index (χ0) is 15.0. The number of carbonyl (C=O) groups is 1. The first-order chi connectivity index (χ1) is 9.49. The average molecular weight is 275 g/mol. The van der Waals surface area contributed by atoms with Crippen LogP contribution in [0.15, 0.2) is 24.3 Å². The van der Waals surface area contributed by atoms with Crippen LogP contribution in [-0.4, -0.2) is 25.1 Å². The number of carbonyl (C=O) groups excluding carboxylic acids is 1. The molecule has 0 aromatic heterocycles. The van der Waals surface area contributed by atoms with E-state index in [1.165, 1.54) is 0 Å². The van der Waals surface area contributed by atoms with E-state index in [1.54, 1.807) is 13.1 Å². The summed E-state index contributed by atoms with van der Waals surface area (Å²) in [6, 6.07) is 9.30. The van der Waals surface area contributed by atoms with E-state index in [2.05, 4.69) is 16.7 Å². The quantitative estimate of drug-likeness (QED) is 0.749. The number of nitrogens with zero attached hydrogens (tertiary/aromatic N) is 1. The molecule has 1 aromatic rings. The number of unbranched alkanes of at least 4 members (excludes halogenated alkanes) is 1. The van der Waals surface area contributed by atoms with Gasteiger partial charge in [-0.05, 0) is 39.4 Å². The molecule has 0 aliphatic rings. The van der Waals surface area contributed by atoms with Crippen LogP contribution in [0.5, 0.6) is 5.75 Å². The number of ether oxygens (including phenoxy) is 1. The van der Waals surface area contributed by atoms with E-state index < -0.39 is 5.54 Å². The van der Waals surface area contributed by atoms with Crippen molar-refractivity contribution in [1.29, 1.82) is 5.26 Å². The molecule has 1 amide bonds. The van der Waals surface area contributed by atoms with Crippen LogP contribution in [0.1, 0.15) is 26.7 Å². The summed E-state index contributed by atoms with van der Waals surface area (Å²) in [5.41, 5.74) is 0.0556. The molecule has 0 aliphatic carbocycles. The van der Waals surface area contributed by atoms with E-state index in [0.29, 0.717) is 30.9 Å². The normalized spacial score (nSPS) is 10.7. The average Bonchev–Trinajstić information content (AvgIpc) is 2.44. The predicted octanol–water partition coefficient (Wildman–Crippen LogP) is 2.31. The summed E-state index contributed by atoms with van der Waals surface area (Å²) in [4.78, 5) is 12.0. The van der Waals surface area contributed by atoms with E-state index in [9.17, 15) is 4.79 Å². The van der Waals surface area contributed by atoms with Crippen molar-refractivity contribution < 1.29 is 9.53 Å². The van der Waals surface area contributed by atoms with Crippen LogP contribution in [0.25, 0.3) is 0 Å². The first-order valence-corrected chi connectivity index (χ1v) is 6.60. The molecule has 0 aliphatic heterocycles. The van der Waals surface area contributed by atoms with Gasteiger partial charge >= 0.3 is 0 Å². The van der Waals surface area contributed by atoms with Gasteiger partial charge in [-0.2, -0.15) is 5.26 Å². The molecule has 5 nitrogen and oxygen atoms in total. The summed E-state index contributed by atoms with van der Waals surface area (Å²) in [5.74, 6) is 0.574. The topological polar surface area (TPSA) is 74.2 Å². The third-order valence-electron chi connectivity index (χ3n) is 2.99. The Labute approximate surface area is 119 Å². The number of benzene rings is 1. The molecule has 108 valence electrons. The monoisotopic (exact) mass is 275 g/mol. The maximum atomic E-state index is 12.0. The third kappa shape index (κ3) is 4.90. The van der Waals surface area contributed by atoms with Gasteiger partial charge in [0, 0.05) is 18.2 Å². The van der Waals surface area contributed by atoms with Gasteiger partial charge in [0.1, 0.15) is 5.75 Å². The second-order valence-electron chi connectivity index (χ2n) is 4.97. The van der Waals surface area contributed by atoms with Crippen LogP contribution in [0.4, 0.5) is 5.69 Å². The molecule has 2 N–H and O–H groups in total. The smallest absolute Gasteiger partial charge is 0.244 e. The minimum Gasteiger partial charge on any atom is -0.493 e. The van der Waals surface area contributed by atoms with Crippen molar-refractivity contribution in [3.8, 4) is 11.8 Å². The number of amides is 1. The number of nitrogens with one attached hydrogen (secondary N) is 2. The predicted molar refractivity (Wildman–Crippen MR) is 78.6 cm³/mol. The maximum absolute atomic E-state index is 12.0. The molecule has 0 saturated heterocycles. The lowest BCUT2D eigenvalue weighted by Gasteiger charge is -2.22. The summed E-state index contributed by atoms with van der Waals surface area (Å²) in [6.45, 7) is 4.11. The highest BCUT2D eigenvalue weighted by molar-refractivity contribution is 5.97. The largest absolute Gasteiger partial charge is 0.493 e. The zero-order valence-electron chi connectivity index (χ0n) is 12.2. The number of hydrogen-bond donors (Lipinski definition) is 2. The van der Waals surface area contributed by atoms with E-state index in [0.717, 1.165) is 0 Å². The van der Waals surface area contributed by atoms with Gasteiger partial charge in [-0.15, -0.1) is 0 Å². The standard InChI is InChI=1S/C15H21N3O2/c1-15(2,17-3)14(19)18-12-7-6-8-13(11-12)20-10-5-4-9-16/h6-8,11,17H,4-5,10H2,1-3H3,(H,18,19). The molecule has 0 atom stereocenters. The van der Waals surface area contributed by atoms with Crippen molar-refractivity contribution in [2.45, 2.75) is 32.2 Å². The summed E-state index contributed by atoms with van der Waals surface area (Å²) >= 11 is 0. The van der Waals surface area contributed by atoms with Crippen LogP contribution in [0.3, 0.4) is 0 Å². The van der Waals surface area contributed by atoms with Gasteiger partial charge < -0.3 is 15.4 Å². The fourth-order valence-corrected chi connectivity index (χ4v) is 1.41. The molecular weight excluding hydrogens is 254 g/mol. The SMILES string of the molecule is CNC(C)(C)C(=O)Nc1cccc(OCCCC#N)c1. The van der Waals surface area contributed by atoms with Gasteiger partial charge in [0.05, 0.1) is 18.2 Å². The Balaban J connectivity index is 2.60. The Hall–Kier alpha value is -2.06. The molecule has 0 fully saturated rings. The second kappa shape index (κ2) is 7.51. The lowest BCUT2D eigenvalue weighted by molar-refractivity contribution is -0.121. The van der Waals surface area contributed by atoms with Crippen molar-refractivity contribution in [3.05, 3.63) is 24.3 Å². The van der Waals surface area contributed by atoms with Crippen molar-refractivity contribution in [1.82, 2.24) is 5.32 Å². The molecule has 0 spiro atoms. The van der Waals surface area contributed by atoms with Crippen molar-refractivity contribution >= 4 is 11.6 Å². The summed E-state index contributed by atoms with van der Waals surface area (Å²) in [6.07, 6.45) is 1.17. The first kappa shape index (κ1) is 16.0. The van der Waals surface area contributed by atoms with Crippen LogP contribution >= 0.6 is 0 Å². The highest BCUT2D eigenvalue weighted by atomic mass is 16.5. The van der Waals surface area contributed by atoms with Gasteiger partial charge in [-0.1, -0.05) is 6.07 Å². The molecule has 0 radical (unpaired) electrons. The van der Waals surface area contributed by atoms with Gasteiger partial charge in [0.2, 0.25) is 5.91 Å². The number of hydrogen-bond acceptors (Lipinski definition) is 4. The molecular formula is C15H21N3O2. The zero-order valence-corrected chi connectivity index (χ0v) is 12.2. The van der Waals surface area contributed by atoms with Gasteiger partial charge in [0.15, 0.2) is 0 Å². The number of anilines is 1. The Morgan fingerprint density at radius 3 is 2.85 bits per heavy atom. The third-order valence-corrected chi connectivity index (χ3v) is 2.99. The minimum atomic E-state index is -0.635. The Morgan fingerprint density at radius 2 is 2.20 bits per heavy atom. The van der Waals surface area contributed by atoms with E-state index in [1.807, 2.05) is 32.0 Å². The molecule has 5 heteroatoms. The van der Waals surface area contributed by atoms with Crippen LogP contribution in [0, 0.1) is 11.3 Å². The van der Waals surface area contributed by atoms with Crippen molar-refractivity contribution in [2.75, 3.05) is 19.0 Å². The molecule has 1 rings (SSSR count). The number of nitriles is 1. The fourth-order valence-electron chi connectivity index (χ4n) is 1.41. The summed E-state index contributed by atoms with van der Waals surface area (Å²) in [5, 5.41) is 14.2. The summed E-state index contributed by atoms with van der Waals surface area (Å²) in [7, 11) is 1.74. The van der Waals surface area contributed by atoms with Gasteiger partial charge in [0.25, 0.3) is 0 Å². The number of rotatable bonds is 7. The van der Waals surface area contributed by atoms with E-state index in [-0.39, 0.29) is 5.91 Å². The molecule has 0 bridgehead atoms.